The summed E-state index contributed by atoms with van der Waals surface area (Å²) in [5.74, 6) is 0.137. The zero-order chi connectivity index (χ0) is 25.4. The molecule has 0 radical (unpaired) electrons. The second kappa shape index (κ2) is 9.44. The molecule has 0 aliphatic carbocycles. The summed E-state index contributed by atoms with van der Waals surface area (Å²) in [7, 11) is -3.86. The molecular formula is C26H26N4O4S2. The summed E-state index contributed by atoms with van der Waals surface area (Å²) in [5, 5.41) is 3.84. The first-order valence-corrected chi connectivity index (χ1v) is 13.8. The predicted octanol–water partition coefficient (Wildman–Crippen LogP) is 5.93. The van der Waals surface area contributed by atoms with E-state index in [0.717, 1.165) is 27.0 Å². The molecule has 1 N–H and O–H groups in total. The van der Waals surface area contributed by atoms with Crippen LogP contribution in [0.5, 0.6) is 6.01 Å². The Hall–Kier alpha value is -3.63. The lowest BCUT2D eigenvalue weighted by Gasteiger charge is -2.11. The van der Waals surface area contributed by atoms with Crippen molar-refractivity contribution >= 4 is 38.3 Å². The molecule has 186 valence electrons. The first-order valence-electron chi connectivity index (χ1n) is 11.5. The van der Waals surface area contributed by atoms with Crippen LogP contribution in [-0.2, 0) is 16.6 Å². The summed E-state index contributed by atoms with van der Waals surface area (Å²) in [6.45, 7) is 8.47. The number of para-hydroxylation sites is 2. The number of thiophene rings is 1. The van der Waals surface area contributed by atoms with E-state index in [1.54, 1.807) is 13.8 Å². The number of hydrogen-bond acceptors (Lipinski definition) is 7. The van der Waals surface area contributed by atoms with E-state index in [9.17, 15) is 8.42 Å². The number of benzene rings is 2. The summed E-state index contributed by atoms with van der Waals surface area (Å²) >= 11 is 1.22. The molecule has 0 aliphatic rings. The quantitative estimate of drug-likeness (QED) is 0.271. The van der Waals surface area contributed by atoms with Gasteiger partial charge in [-0.25, -0.2) is 13.1 Å². The predicted molar refractivity (Wildman–Crippen MR) is 141 cm³/mol. The minimum absolute atomic E-state index is 0.137. The number of fused-ring (bicyclic) bond motifs is 1. The lowest BCUT2D eigenvalue weighted by Crippen LogP contribution is -2.12. The highest BCUT2D eigenvalue weighted by Gasteiger charge is 2.25. The van der Waals surface area contributed by atoms with Gasteiger partial charge in [0.25, 0.3) is 16.0 Å². The van der Waals surface area contributed by atoms with Gasteiger partial charge in [0, 0.05) is 16.0 Å². The highest BCUT2D eigenvalue weighted by atomic mass is 32.2. The van der Waals surface area contributed by atoms with Crippen molar-refractivity contribution in [3.8, 4) is 17.1 Å². The van der Waals surface area contributed by atoms with E-state index < -0.39 is 10.0 Å². The number of anilines is 1. The fourth-order valence-electron chi connectivity index (χ4n) is 3.99. The van der Waals surface area contributed by atoms with Gasteiger partial charge in [0.15, 0.2) is 0 Å². The third kappa shape index (κ3) is 4.49. The maximum Gasteiger partial charge on any atom is 0.297 e. The molecule has 36 heavy (non-hydrogen) atoms. The maximum absolute atomic E-state index is 13.3. The Labute approximate surface area is 213 Å². The molecule has 0 atom stereocenters. The molecule has 0 bridgehead atoms. The summed E-state index contributed by atoms with van der Waals surface area (Å²) in [6, 6.07) is 18.3. The first-order chi connectivity index (χ1) is 17.3. The Kier molecular flexibility index (Phi) is 6.31. The van der Waals surface area contributed by atoms with Gasteiger partial charge in [0.05, 0.1) is 29.9 Å². The number of aryl methyl sites for hydroxylation is 2. The van der Waals surface area contributed by atoms with Crippen molar-refractivity contribution in [3.63, 3.8) is 0 Å². The Balaban J connectivity index is 1.45. The molecule has 0 amide bonds. The minimum atomic E-state index is -3.86. The average Bonchev–Trinajstić information content (AvgIpc) is 3.52. The SMILES string of the molecule is CCOc1nc2ccccc2n1Cc1ccc(-c2cc(C)sc2S(=O)(=O)Nc2onc(C)c2C)cc1. The molecule has 3 heterocycles. The van der Waals surface area contributed by atoms with Crippen LogP contribution in [0.25, 0.3) is 22.2 Å². The van der Waals surface area contributed by atoms with Crippen molar-refractivity contribution in [2.75, 3.05) is 11.3 Å². The summed E-state index contributed by atoms with van der Waals surface area (Å²) in [5.41, 5.74) is 5.69. The summed E-state index contributed by atoms with van der Waals surface area (Å²) in [6.07, 6.45) is 0. The summed E-state index contributed by atoms with van der Waals surface area (Å²) < 4.78 is 42.3. The third-order valence-corrected chi connectivity index (χ3v) is 8.86. The summed E-state index contributed by atoms with van der Waals surface area (Å²) in [4.78, 5) is 5.50. The van der Waals surface area contributed by atoms with E-state index in [4.69, 9.17) is 9.26 Å². The van der Waals surface area contributed by atoms with Gasteiger partial charge in [0.2, 0.25) is 5.88 Å². The Morgan fingerprint density at radius 2 is 1.83 bits per heavy atom. The zero-order valence-electron chi connectivity index (χ0n) is 20.4. The molecule has 10 heteroatoms. The molecular weight excluding hydrogens is 496 g/mol. The fraction of sp³-hybridized carbons (Fsp3) is 0.231. The largest absolute Gasteiger partial charge is 0.465 e. The Bertz CT molecular complexity index is 1650. The van der Waals surface area contributed by atoms with Crippen LogP contribution in [0.4, 0.5) is 5.88 Å². The number of sulfonamides is 1. The van der Waals surface area contributed by atoms with E-state index in [-0.39, 0.29) is 10.1 Å². The monoisotopic (exact) mass is 522 g/mol. The van der Waals surface area contributed by atoms with E-state index in [1.807, 2.05) is 73.0 Å². The van der Waals surface area contributed by atoms with Gasteiger partial charge in [-0.1, -0.05) is 41.6 Å². The number of rotatable bonds is 8. The van der Waals surface area contributed by atoms with E-state index >= 15 is 0 Å². The van der Waals surface area contributed by atoms with Crippen LogP contribution in [0.3, 0.4) is 0 Å². The van der Waals surface area contributed by atoms with Crippen LogP contribution in [0.15, 0.2) is 63.3 Å². The van der Waals surface area contributed by atoms with Crippen LogP contribution in [-0.4, -0.2) is 29.7 Å². The smallest absolute Gasteiger partial charge is 0.297 e. The number of aromatic nitrogens is 3. The van der Waals surface area contributed by atoms with Crippen molar-refractivity contribution in [2.24, 2.45) is 0 Å². The third-order valence-electron chi connectivity index (χ3n) is 5.95. The molecule has 5 aromatic rings. The normalized spacial score (nSPS) is 11.8. The standard InChI is InChI=1S/C26H26N4O4S2/c1-5-33-26-27-22-8-6-7-9-23(22)30(26)15-19-10-12-20(13-11-19)21-14-16(2)35-25(21)36(31,32)29-24-17(3)18(4)28-34-24/h6-14,29H,5,15H2,1-4H3. The van der Waals surface area contributed by atoms with E-state index in [2.05, 4.69) is 14.9 Å². The minimum Gasteiger partial charge on any atom is -0.465 e. The number of imidazole rings is 1. The second-order valence-corrected chi connectivity index (χ2v) is 11.6. The Morgan fingerprint density at radius 1 is 1.08 bits per heavy atom. The maximum atomic E-state index is 13.3. The van der Waals surface area contributed by atoms with Crippen molar-refractivity contribution in [1.29, 1.82) is 0 Å². The van der Waals surface area contributed by atoms with Gasteiger partial charge in [-0.2, -0.15) is 4.98 Å². The molecule has 3 aromatic heterocycles. The highest BCUT2D eigenvalue weighted by molar-refractivity contribution is 7.94. The Morgan fingerprint density at radius 3 is 2.53 bits per heavy atom. The van der Waals surface area contributed by atoms with Crippen molar-refractivity contribution in [2.45, 2.75) is 38.4 Å². The number of nitrogens with zero attached hydrogens (tertiary/aromatic N) is 3. The van der Waals surface area contributed by atoms with Crippen LogP contribution >= 0.6 is 11.3 Å². The van der Waals surface area contributed by atoms with Gasteiger partial charge >= 0.3 is 0 Å². The van der Waals surface area contributed by atoms with E-state index in [0.29, 0.717) is 36.0 Å². The zero-order valence-corrected chi connectivity index (χ0v) is 22.0. The van der Waals surface area contributed by atoms with Crippen LogP contribution in [0.1, 0.15) is 28.6 Å². The van der Waals surface area contributed by atoms with Crippen LogP contribution < -0.4 is 9.46 Å². The van der Waals surface area contributed by atoms with Crippen LogP contribution in [0, 0.1) is 20.8 Å². The highest BCUT2D eigenvalue weighted by Crippen LogP contribution is 2.36. The van der Waals surface area contributed by atoms with Crippen molar-refractivity contribution < 1.29 is 17.7 Å². The van der Waals surface area contributed by atoms with Crippen LogP contribution in [0.2, 0.25) is 0 Å². The fourth-order valence-corrected chi connectivity index (χ4v) is 6.70. The lowest BCUT2D eigenvalue weighted by molar-refractivity contribution is 0.301. The molecule has 0 saturated heterocycles. The lowest BCUT2D eigenvalue weighted by atomic mass is 10.1. The van der Waals surface area contributed by atoms with Gasteiger partial charge in [-0.05, 0) is 57.0 Å². The molecule has 0 aliphatic heterocycles. The molecule has 8 nitrogen and oxygen atoms in total. The molecule has 0 saturated carbocycles. The number of hydrogen-bond donors (Lipinski definition) is 1. The van der Waals surface area contributed by atoms with E-state index in [1.165, 1.54) is 11.3 Å². The molecule has 0 unspecified atom stereocenters. The van der Waals surface area contributed by atoms with Crippen molar-refractivity contribution in [3.05, 3.63) is 76.3 Å². The molecule has 0 spiro atoms. The number of ether oxygens (including phenoxy) is 1. The van der Waals surface area contributed by atoms with Gasteiger partial charge in [-0.15, -0.1) is 11.3 Å². The van der Waals surface area contributed by atoms with Gasteiger partial charge in [0.1, 0.15) is 4.21 Å². The van der Waals surface area contributed by atoms with Gasteiger partial charge in [-0.3, -0.25) is 4.57 Å². The van der Waals surface area contributed by atoms with Gasteiger partial charge < -0.3 is 9.26 Å². The molecule has 2 aromatic carbocycles. The topological polar surface area (TPSA) is 99.2 Å². The first kappa shape index (κ1) is 24.1. The molecule has 5 rings (SSSR count). The average molecular weight is 523 g/mol. The number of nitrogens with one attached hydrogen (secondary N) is 1. The second-order valence-electron chi connectivity index (χ2n) is 8.48. The molecule has 0 fully saturated rings. The van der Waals surface area contributed by atoms with Crippen molar-refractivity contribution in [1.82, 2.24) is 14.7 Å².